The molecule has 4 nitrogen and oxygen atoms in total. The standard InChI is InChI=1S/C16H17ClN2O2/c1-11-9-12(17)5-6-15(11)21-8-7-16(20)19-14-4-2-3-13(18)10-14/h2-6,9-10H,7-8,18H2,1H3,(H,19,20). The van der Waals surface area contributed by atoms with Gasteiger partial charge in [0.1, 0.15) is 5.75 Å². The van der Waals surface area contributed by atoms with Crippen LogP contribution >= 0.6 is 11.6 Å². The van der Waals surface area contributed by atoms with Gasteiger partial charge in [-0.15, -0.1) is 0 Å². The highest BCUT2D eigenvalue weighted by Gasteiger charge is 2.05. The Morgan fingerprint density at radius 1 is 1.29 bits per heavy atom. The van der Waals surface area contributed by atoms with Crippen LogP contribution < -0.4 is 15.8 Å². The largest absolute Gasteiger partial charge is 0.493 e. The maximum Gasteiger partial charge on any atom is 0.227 e. The van der Waals surface area contributed by atoms with Gasteiger partial charge in [-0.1, -0.05) is 17.7 Å². The predicted octanol–water partition coefficient (Wildman–Crippen LogP) is 3.64. The van der Waals surface area contributed by atoms with Gasteiger partial charge < -0.3 is 15.8 Å². The highest BCUT2D eigenvalue weighted by Crippen LogP contribution is 2.21. The molecule has 0 aliphatic carbocycles. The number of halogens is 1. The van der Waals surface area contributed by atoms with Crippen LogP contribution in [0.25, 0.3) is 0 Å². The molecule has 21 heavy (non-hydrogen) atoms. The summed E-state index contributed by atoms with van der Waals surface area (Å²) >= 11 is 5.87. The van der Waals surface area contributed by atoms with E-state index in [9.17, 15) is 4.79 Å². The van der Waals surface area contributed by atoms with E-state index < -0.39 is 0 Å². The Labute approximate surface area is 128 Å². The van der Waals surface area contributed by atoms with Gasteiger partial charge in [0.2, 0.25) is 5.91 Å². The number of benzene rings is 2. The zero-order chi connectivity index (χ0) is 15.2. The highest BCUT2D eigenvalue weighted by molar-refractivity contribution is 6.30. The number of nitrogens with one attached hydrogen (secondary N) is 1. The fourth-order valence-corrected chi connectivity index (χ4v) is 2.10. The molecule has 2 aromatic carbocycles. The van der Waals surface area contributed by atoms with E-state index in [1.54, 1.807) is 36.4 Å². The van der Waals surface area contributed by atoms with Gasteiger partial charge >= 0.3 is 0 Å². The molecule has 0 bridgehead atoms. The molecule has 0 saturated carbocycles. The predicted molar refractivity (Wildman–Crippen MR) is 85.8 cm³/mol. The van der Waals surface area contributed by atoms with Crippen molar-refractivity contribution in [2.24, 2.45) is 0 Å². The smallest absolute Gasteiger partial charge is 0.227 e. The van der Waals surface area contributed by atoms with E-state index in [0.29, 0.717) is 23.0 Å². The minimum atomic E-state index is -0.118. The molecule has 0 aliphatic rings. The molecule has 0 saturated heterocycles. The Morgan fingerprint density at radius 2 is 2.10 bits per heavy atom. The Bertz CT molecular complexity index is 644. The molecule has 0 spiro atoms. The molecule has 0 aromatic heterocycles. The summed E-state index contributed by atoms with van der Waals surface area (Å²) in [7, 11) is 0. The molecule has 0 unspecified atom stereocenters. The van der Waals surface area contributed by atoms with Crippen molar-refractivity contribution < 1.29 is 9.53 Å². The third kappa shape index (κ3) is 4.68. The first-order valence-corrected chi connectivity index (χ1v) is 6.97. The van der Waals surface area contributed by atoms with Crippen LogP contribution in [0.15, 0.2) is 42.5 Å². The molecule has 0 heterocycles. The Balaban J connectivity index is 1.81. The van der Waals surface area contributed by atoms with E-state index >= 15 is 0 Å². The number of anilines is 2. The van der Waals surface area contributed by atoms with Gasteiger partial charge in [-0.3, -0.25) is 4.79 Å². The number of rotatable bonds is 5. The molecular formula is C16H17ClN2O2. The van der Waals surface area contributed by atoms with E-state index in [-0.39, 0.29) is 12.3 Å². The van der Waals surface area contributed by atoms with E-state index in [1.807, 2.05) is 13.0 Å². The summed E-state index contributed by atoms with van der Waals surface area (Å²) in [5.41, 5.74) is 7.89. The summed E-state index contributed by atoms with van der Waals surface area (Å²) in [6.07, 6.45) is 0.261. The van der Waals surface area contributed by atoms with Crippen LogP contribution in [0.4, 0.5) is 11.4 Å². The molecule has 110 valence electrons. The minimum Gasteiger partial charge on any atom is -0.493 e. The van der Waals surface area contributed by atoms with Gasteiger partial charge in [0.15, 0.2) is 0 Å². The van der Waals surface area contributed by atoms with E-state index in [1.165, 1.54) is 0 Å². The fraction of sp³-hybridized carbons (Fsp3) is 0.188. The SMILES string of the molecule is Cc1cc(Cl)ccc1OCCC(=O)Nc1cccc(N)c1. The Kier molecular flexibility index (Phi) is 5.06. The number of aryl methyl sites for hydroxylation is 1. The molecule has 0 fully saturated rings. The van der Waals surface area contributed by atoms with Crippen LogP contribution in [-0.2, 0) is 4.79 Å². The van der Waals surface area contributed by atoms with Gasteiger partial charge in [-0.2, -0.15) is 0 Å². The van der Waals surface area contributed by atoms with Crippen LogP contribution in [-0.4, -0.2) is 12.5 Å². The first kappa shape index (κ1) is 15.2. The van der Waals surface area contributed by atoms with Crippen molar-refractivity contribution in [1.29, 1.82) is 0 Å². The lowest BCUT2D eigenvalue weighted by molar-refractivity contribution is -0.116. The van der Waals surface area contributed by atoms with Crippen LogP contribution in [0, 0.1) is 6.92 Å². The molecule has 5 heteroatoms. The zero-order valence-electron chi connectivity index (χ0n) is 11.7. The van der Waals surface area contributed by atoms with Crippen LogP contribution in [0.1, 0.15) is 12.0 Å². The molecule has 0 aliphatic heterocycles. The Morgan fingerprint density at radius 3 is 2.81 bits per heavy atom. The number of nitrogen functional groups attached to an aromatic ring is 1. The second-order valence-corrected chi connectivity index (χ2v) is 5.12. The molecule has 0 atom stereocenters. The quantitative estimate of drug-likeness (QED) is 0.829. The summed E-state index contributed by atoms with van der Waals surface area (Å²) in [4.78, 5) is 11.8. The normalized spacial score (nSPS) is 10.2. The maximum absolute atomic E-state index is 11.8. The van der Waals surface area contributed by atoms with Crippen molar-refractivity contribution in [3.63, 3.8) is 0 Å². The minimum absolute atomic E-state index is 0.118. The summed E-state index contributed by atoms with van der Waals surface area (Å²) in [6, 6.07) is 12.4. The third-order valence-electron chi connectivity index (χ3n) is 2.89. The number of carbonyl (C=O) groups is 1. The van der Waals surface area contributed by atoms with Gasteiger partial charge in [-0.05, 0) is 48.9 Å². The first-order valence-electron chi connectivity index (χ1n) is 6.59. The summed E-state index contributed by atoms with van der Waals surface area (Å²) in [5, 5.41) is 3.44. The van der Waals surface area contributed by atoms with Gasteiger partial charge in [-0.25, -0.2) is 0 Å². The average Bonchev–Trinajstić information content (AvgIpc) is 2.41. The van der Waals surface area contributed by atoms with Crippen molar-refractivity contribution in [2.75, 3.05) is 17.7 Å². The van der Waals surface area contributed by atoms with Gasteiger partial charge in [0.25, 0.3) is 0 Å². The molecule has 2 aromatic rings. The van der Waals surface area contributed by atoms with Crippen LogP contribution in [0.5, 0.6) is 5.75 Å². The molecule has 2 rings (SSSR count). The van der Waals surface area contributed by atoms with Crippen LogP contribution in [0.3, 0.4) is 0 Å². The number of amides is 1. The van der Waals surface area contributed by atoms with Gasteiger partial charge in [0.05, 0.1) is 13.0 Å². The van der Waals surface area contributed by atoms with Crippen molar-refractivity contribution in [2.45, 2.75) is 13.3 Å². The first-order chi connectivity index (χ1) is 10.0. The van der Waals surface area contributed by atoms with Crippen molar-refractivity contribution in [3.05, 3.63) is 53.1 Å². The number of hydrogen-bond acceptors (Lipinski definition) is 3. The second-order valence-electron chi connectivity index (χ2n) is 4.68. The summed E-state index contributed by atoms with van der Waals surface area (Å²) < 4.78 is 5.58. The number of ether oxygens (including phenoxy) is 1. The lowest BCUT2D eigenvalue weighted by atomic mass is 10.2. The fourth-order valence-electron chi connectivity index (χ4n) is 1.87. The molecule has 0 radical (unpaired) electrons. The molecular weight excluding hydrogens is 288 g/mol. The maximum atomic E-state index is 11.8. The summed E-state index contributed by atoms with van der Waals surface area (Å²) in [5.74, 6) is 0.614. The number of nitrogens with two attached hydrogens (primary N) is 1. The van der Waals surface area contributed by atoms with E-state index in [2.05, 4.69) is 5.32 Å². The molecule has 1 amide bonds. The zero-order valence-corrected chi connectivity index (χ0v) is 12.5. The number of carbonyl (C=O) groups excluding carboxylic acids is 1. The van der Waals surface area contributed by atoms with E-state index in [0.717, 1.165) is 11.3 Å². The average molecular weight is 305 g/mol. The summed E-state index contributed by atoms with van der Waals surface area (Å²) in [6.45, 7) is 2.21. The lowest BCUT2D eigenvalue weighted by Gasteiger charge is -2.10. The highest BCUT2D eigenvalue weighted by atomic mass is 35.5. The second kappa shape index (κ2) is 6.99. The van der Waals surface area contributed by atoms with Crippen LogP contribution in [0.2, 0.25) is 5.02 Å². The number of hydrogen-bond donors (Lipinski definition) is 2. The molecule has 3 N–H and O–H groups in total. The lowest BCUT2D eigenvalue weighted by Crippen LogP contribution is -2.15. The van der Waals surface area contributed by atoms with E-state index in [4.69, 9.17) is 22.1 Å². The van der Waals surface area contributed by atoms with Crippen molar-refractivity contribution in [3.8, 4) is 5.75 Å². The monoisotopic (exact) mass is 304 g/mol. The van der Waals surface area contributed by atoms with Gasteiger partial charge in [0, 0.05) is 16.4 Å². The topological polar surface area (TPSA) is 64.3 Å². The Hall–Kier alpha value is -2.20. The van der Waals surface area contributed by atoms with Crippen molar-refractivity contribution >= 4 is 28.9 Å². The van der Waals surface area contributed by atoms with Crippen molar-refractivity contribution in [1.82, 2.24) is 0 Å². The third-order valence-corrected chi connectivity index (χ3v) is 3.13.